The van der Waals surface area contributed by atoms with Gasteiger partial charge >= 0.3 is 5.97 Å². The first-order valence-electron chi connectivity index (χ1n) is 11.1. The number of nitrogens with zero attached hydrogens (tertiary/aromatic N) is 4. The molecule has 0 spiro atoms. The molecular formula is C25H28N4O5. The minimum Gasteiger partial charge on any atom is -0.482 e. The van der Waals surface area contributed by atoms with E-state index in [1.807, 2.05) is 19.1 Å². The van der Waals surface area contributed by atoms with E-state index in [2.05, 4.69) is 14.9 Å². The van der Waals surface area contributed by atoms with Gasteiger partial charge in [-0.1, -0.05) is 0 Å². The summed E-state index contributed by atoms with van der Waals surface area (Å²) in [4.78, 5) is 36.1. The minimum atomic E-state index is -1.07. The molecule has 9 nitrogen and oxygen atoms in total. The normalized spacial score (nSPS) is 18.0. The lowest BCUT2D eigenvalue weighted by Gasteiger charge is -2.42. The van der Waals surface area contributed by atoms with E-state index in [-0.39, 0.29) is 12.5 Å². The number of likely N-dealkylation sites (N-methyl/N-ethyl adjacent to an activating group) is 1. The molecule has 1 aliphatic heterocycles. The Bertz CT molecular complexity index is 1200. The Morgan fingerprint density at radius 1 is 1.24 bits per heavy atom. The van der Waals surface area contributed by atoms with Crippen molar-refractivity contribution in [3.63, 3.8) is 0 Å². The van der Waals surface area contributed by atoms with Crippen LogP contribution < -0.4 is 9.64 Å². The van der Waals surface area contributed by atoms with Crippen molar-refractivity contribution in [2.24, 2.45) is 0 Å². The molecule has 0 unspecified atom stereocenters. The zero-order valence-corrected chi connectivity index (χ0v) is 19.3. The van der Waals surface area contributed by atoms with Gasteiger partial charge in [-0.2, -0.15) is 0 Å². The maximum atomic E-state index is 13.0. The third-order valence-corrected chi connectivity index (χ3v) is 5.95. The van der Waals surface area contributed by atoms with Crippen LogP contribution in [0.1, 0.15) is 28.9 Å². The third-order valence-electron chi connectivity index (χ3n) is 5.95. The molecule has 0 aliphatic carbocycles. The van der Waals surface area contributed by atoms with Gasteiger partial charge in [-0.25, -0.2) is 4.79 Å². The number of carboxylic acid groups (broad SMARTS) is 1. The highest BCUT2D eigenvalue weighted by atomic mass is 16.5. The Morgan fingerprint density at radius 2 is 2.00 bits per heavy atom. The highest BCUT2D eigenvalue weighted by Crippen LogP contribution is 2.32. The van der Waals surface area contributed by atoms with Crippen LogP contribution in [0.2, 0.25) is 0 Å². The summed E-state index contributed by atoms with van der Waals surface area (Å²) in [5.74, 6) is -0.928. The Kier molecular flexibility index (Phi) is 6.65. The molecule has 2 aromatic heterocycles. The highest BCUT2D eigenvalue weighted by molar-refractivity contribution is 5.94. The molecule has 4 rings (SSSR count). The van der Waals surface area contributed by atoms with Crippen molar-refractivity contribution in [2.75, 3.05) is 38.2 Å². The molecule has 9 heteroatoms. The molecule has 0 saturated carbocycles. The Morgan fingerprint density at radius 3 is 2.74 bits per heavy atom. The smallest absolute Gasteiger partial charge is 0.341 e. The van der Waals surface area contributed by atoms with Crippen molar-refractivity contribution in [3.8, 4) is 5.75 Å². The van der Waals surface area contributed by atoms with E-state index in [1.165, 1.54) is 4.90 Å². The predicted molar refractivity (Wildman–Crippen MR) is 127 cm³/mol. The number of anilines is 1. The van der Waals surface area contributed by atoms with Gasteiger partial charge in [0, 0.05) is 54.9 Å². The summed E-state index contributed by atoms with van der Waals surface area (Å²) in [7, 11) is 1.67. The molecule has 1 fully saturated rings. The zero-order chi connectivity index (χ0) is 24.3. The van der Waals surface area contributed by atoms with E-state index in [0.29, 0.717) is 24.3 Å². The number of benzene rings is 1. The number of amides is 1. The molecule has 0 bridgehead atoms. The minimum absolute atomic E-state index is 0.180. The Balaban J connectivity index is 1.46. The number of hydrogen-bond acceptors (Lipinski definition) is 7. The van der Waals surface area contributed by atoms with Crippen LogP contribution in [0.5, 0.6) is 5.75 Å². The van der Waals surface area contributed by atoms with Gasteiger partial charge in [-0.15, -0.1) is 0 Å². The van der Waals surface area contributed by atoms with Crippen molar-refractivity contribution >= 4 is 28.5 Å². The lowest BCUT2D eigenvalue weighted by Crippen LogP contribution is -2.54. The van der Waals surface area contributed by atoms with E-state index < -0.39 is 18.2 Å². The van der Waals surface area contributed by atoms with Gasteiger partial charge in [0.15, 0.2) is 6.61 Å². The number of hydrogen-bond donors (Lipinski definition) is 2. The molecule has 1 amide bonds. The second-order valence-electron chi connectivity index (χ2n) is 8.79. The predicted octanol–water partition coefficient (Wildman–Crippen LogP) is 2.51. The maximum Gasteiger partial charge on any atom is 0.341 e. The molecule has 34 heavy (non-hydrogen) atoms. The molecular weight excluding hydrogens is 436 g/mol. The van der Waals surface area contributed by atoms with E-state index >= 15 is 0 Å². The number of aryl methyl sites for hydroxylation is 1. The van der Waals surface area contributed by atoms with Crippen LogP contribution in [0.4, 0.5) is 5.69 Å². The van der Waals surface area contributed by atoms with Crippen LogP contribution >= 0.6 is 0 Å². The maximum absolute atomic E-state index is 13.0. The fourth-order valence-corrected chi connectivity index (χ4v) is 4.46. The topological polar surface area (TPSA) is 116 Å². The first kappa shape index (κ1) is 23.4. The number of rotatable bonds is 7. The molecule has 0 radical (unpaired) electrons. The lowest BCUT2D eigenvalue weighted by molar-refractivity contribution is -0.139. The quantitative estimate of drug-likeness (QED) is 0.548. The summed E-state index contributed by atoms with van der Waals surface area (Å²) in [5.41, 5.74) is 2.11. The van der Waals surface area contributed by atoms with Gasteiger partial charge in [0.2, 0.25) is 0 Å². The van der Waals surface area contributed by atoms with Crippen molar-refractivity contribution < 1.29 is 24.5 Å². The SMILES string of the molecule is Cc1cc(N2CCC[C@](O)(CN(C)C(=O)c3ccc(OCC(=O)O)cc3)C2)c2cnccc2n1. The molecule has 1 aromatic carbocycles. The fraction of sp³-hybridized carbons (Fsp3) is 0.360. The van der Waals surface area contributed by atoms with Crippen LogP contribution in [0.3, 0.4) is 0 Å². The van der Waals surface area contributed by atoms with E-state index in [9.17, 15) is 14.7 Å². The van der Waals surface area contributed by atoms with Crippen molar-refractivity contribution in [3.05, 3.63) is 60.0 Å². The number of ether oxygens (including phenoxy) is 1. The number of piperidine rings is 1. The van der Waals surface area contributed by atoms with Gasteiger partial charge in [-0.3, -0.25) is 14.8 Å². The second-order valence-corrected chi connectivity index (χ2v) is 8.79. The molecule has 2 N–H and O–H groups in total. The largest absolute Gasteiger partial charge is 0.482 e. The van der Waals surface area contributed by atoms with Gasteiger partial charge < -0.3 is 24.7 Å². The van der Waals surface area contributed by atoms with Gasteiger partial charge in [0.25, 0.3) is 5.91 Å². The number of aromatic nitrogens is 2. The lowest BCUT2D eigenvalue weighted by atomic mass is 9.91. The number of aliphatic carboxylic acids is 1. The fourth-order valence-electron chi connectivity index (χ4n) is 4.46. The van der Waals surface area contributed by atoms with Crippen molar-refractivity contribution in [2.45, 2.75) is 25.4 Å². The summed E-state index contributed by atoms with van der Waals surface area (Å²) in [6.07, 6.45) is 4.89. The number of carboxylic acids is 1. The molecule has 3 heterocycles. The van der Waals surface area contributed by atoms with Crippen LogP contribution in [0.25, 0.3) is 10.9 Å². The molecule has 1 saturated heterocycles. The van der Waals surface area contributed by atoms with E-state index in [1.54, 1.807) is 43.7 Å². The first-order valence-corrected chi connectivity index (χ1v) is 11.1. The summed E-state index contributed by atoms with van der Waals surface area (Å²) < 4.78 is 5.11. The zero-order valence-electron chi connectivity index (χ0n) is 19.3. The monoisotopic (exact) mass is 464 g/mol. The highest BCUT2D eigenvalue weighted by Gasteiger charge is 2.36. The van der Waals surface area contributed by atoms with E-state index in [4.69, 9.17) is 9.84 Å². The Hall–Kier alpha value is -3.72. The molecule has 178 valence electrons. The number of pyridine rings is 2. The van der Waals surface area contributed by atoms with Gasteiger partial charge in [0.05, 0.1) is 17.7 Å². The number of carbonyl (C=O) groups excluding carboxylic acids is 1. The average Bonchev–Trinajstić information content (AvgIpc) is 2.81. The van der Waals surface area contributed by atoms with Crippen LogP contribution in [-0.2, 0) is 4.79 Å². The van der Waals surface area contributed by atoms with Crippen molar-refractivity contribution in [1.29, 1.82) is 0 Å². The van der Waals surface area contributed by atoms with Gasteiger partial charge in [0.1, 0.15) is 5.75 Å². The molecule has 1 atom stereocenters. The number of β-amino-alcohol motifs (C(OH)–C–C–N with tert-alkyl or cyclic N) is 1. The average molecular weight is 465 g/mol. The third kappa shape index (κ3) is 5.26. The second kappa shape index (κ2) is 9.64. The van der Waals surface area contributed by atoms with Crippen molar-refractivity contribution in [1.82, 2.24) is 14.9 Å². The first-order chi connectivity index (χ1) is 16.2. The van der Waals surface area contributed by atoms with Crippen LogP contribution in [0.15, 0.2) is 48.8 Å². The summed E-state index contributed by atoms with van der Waals surface area (Å²) in [6, 6.07) is 10.2. The number of fused-ring (bicyclic) bond motifs is 1. The number of carbonyl (C=O) groups is 2. The summed E-state index contributed by atoms with van der Waals surface area (Å²) in [6.45, 7) is 2.87. The van der Waals surface area contributed by atoms with Gasteiger partial charge in [-0.05, 0) is 56.2 Å². The molecule has 3 aromatic rings. The van der Waals surface area contributed by atoms with Crippen LogP contribution in [-0.4, -0.2) is 75.8 Å². The Labute approximate surface area is 197 Å². The molecule has 1 aliphatic rings. The van der Waals surface area contributed by atoms with Crippen LogP contribution in [0, 0.1) is 6.92 Å². The summed E-state index contributed by atoms with van der Waals surface area (Å²) >= 11 is 0. The standard InChI is InChI=1S/C25H28N4O5/c1-17-12-22(20-13-26-10-8-21(20)27-17)29-11-3-9-25(33,16-29)15-28(2)24(32)18-4-6-19(7-5-18)34-14-23(30)31/h4-8,10,12-13,33H,3,9,11,14-16H2,1-2H3,(H,30,31)/t25-/m0/s1. The number of aliphatic hydroxyl groups is 1. The van der Waals surface area contributed by atoms with E-state index in [0.717, 1.165) is 35.2 Å². The summed E-state index contributed by atoms with van der Waals surface area (Å²) in [5, 5.41) is 21.1.